The van der Waals surface area contributed by atoms with E-state index in [-0.39, 0.29) is 11.4 Å². The number of rotatable bonds is 2. The topological polar surface area (TPSA) is 48.1 Å². The van der Waals surface area contributed by atoms with Crippen molar-refractivity contribution < 1.29 is 13.5 Å². The minimum Gasteiger partial charge on any atom is -0.454 e. The van der Waals surface area contributed by atoms with Crippen LogP contribution in [0.2, 0.25) is 0 Å². The van der Waals surface area contributed by atoms with Crippen LogP contribution < -0.4 is 10.5 Å². The third-order valence-corrected chi connectivity index (χ3v) is 3.36. The van der Waals surface area contributed by atoms with Gasteiger partial charge in [-0.2, -0.15) is 0 Å². The molecule has 0 aliphatic rings. The number of anilines is 1. The first-order chi connectivity index (χ1) is 10.0. The number of nitrogen functional groups attached to an aromatic ring is 1. The third kappa shape index (κ3) is 2.80. The summed E-state index contributed by atoms with van der Waals surface area (Å²) in [5.41, 5.74) is 6.82. The first kappa shape index (κ1) is 13.8. The standard InChI is InChI=1S/C15H9BrF2N2O/c16-8-1-2-14-12(3-8)15(13(19)7-20-14)21-11-5-9(17)4-10(18)6-11/h1-7H,19H2. The lowest BCUT2D eigenvalue weighted by Gasteiger charge is -2.11. The molecule has 0 spiro atoms. The van der Waals surface area contributed by atoms with Gasteiger partial charge in [-0.15, -0.1) is 0 Å². The fourth-order valence-corrected chi connectivity index (χ4v) is 2.34. The average Bonchev–Trinajstić information content (AvgIpc) is 2.41. The molecule has 0 fully saturated rings. The van der Waals surface area contributed by atoms with Crippen molar-refractivity contribution >= 4 is 32.5 Å². The minimum absolute atomic E-state index is 0.0340. The Bertz CT molecular complexity index is 814. The molecule has 2 N–H and O–H groups in total. The first-order valence-electron chi connectivity index (χ1n) is 6.00. The lowest BCUT2D eigenvalue weighted by atomic mass is 10.2. The normalized spacial score (nSPS) is 10.8. The van der Waals surface area contributed by atoms with Crippen LogP contribution in [0.25, 0.3) is 10.9 Å². The molecule has 0 radical (unpaired) electrons. The van der Waals surface area contributed by atoms with E-state index in [0.717, 1.165) is 22.7 Å². The van der Waals surface area contributed by atoms with Crippen molar-refractivity contribution in [2.75, 3.05) is 5.73 Å². The molecule has 21 heavy (non-hydrogen) atoms. The molecule has 3 rings (SSSR count). The summed E-state index contributed by atoms with van der Waals surface area (Å²) >= 11 is 3.36. The van der Waals surface area contributed by atoms with Crippen molar-refractivity contribution in [1.82, 2.24) is 4.98 Å². The van der Waals surface area contributed by atoms with Gasteiger partial charge >= 0.3 is 0 Å². The number of pyridine rings is 1. The maximum absolute atomic E-state index is 13.2. The zero-order valence-corrected chi connectivity index (χ0v) is 12.2. The number of halogens is 3. The van der Waals surface area contributed by atoms with E-state index in [1.165, 1.54) is 6.20 Å². The summed E-state index contributed by atoms with van der Waals surface area (Å²) in [6.07, 6.45) is 1.45. The van der Waals surface area contributed by atoms with E-state index in [0.29, 0.717) is 16.7 Å². The van der Waals surface area contributed by atoms with E-state index >= 15 is 0 Å². The average molecular weight is 351 g/mol. The maximum Gasteiger partial charge on any atom is 0.161 e. The number of fused-ring (bicyclic) bond motifs is 1. The molecule has 0 saturated heterocycles. The summed E-state index contributed by atoms with van der Waals surface area (Å²) in [6, 6.07) is 8.36. The Balaban J connectivity index is 2.15. The lowest BCUT2D eigenvalue weighted by Crippen LogP contribution is -1.96. The summed E-state index contributed by atoms with van der Waals surface area (Å²) in [4.78, 5) is 4.19. The van der Waals surface area contributed by atoms with Crippen LogP contribution in [0.5, 0.6) is 11.5 Å². The molecule has 0 unspecified atom stereocenters. The van der Waals surface area contributed by atoms with Crippen LogP contribution >= 0.6 is 15.9 Å². The summed E-state index contributed by atoms with van der Waals surface area (Å²) in [6.45, 7) is 0. The van der Waals surface area contributed by atoms with Gasteiger partial charge in [0.15, 0.2) is 5.75 Å². The molecule has 0 amide bonds. The minimum atomic E-state index is -0.719. The van der Waals surface area contributed by atoms with Crippen LogP contribution in [0.3, 0.4) is 0 Å². The molecule has 0 bridgehead atoms. The molecule has 106 valence electrons. The van der Waals surface area contributed by atoms with E-state index in [2.05, 4.69) is 20.9 Å². The van der Waals surface area contributed by atoms with Crippen LogP contribution in [0.15, 0.2) is 47.1 Å². The number of ether oxygens (including phenoxy) is 1. The van der Waals surface area contributed by atoms with E-state index < -0.39 is 11.6 Å². The predicted molar refractivity (Wildman–Crippen MR) is 80.3 cm³/mol. The molecule has 0 aliphatic carbocycles. The van der Waals surface area contributed by atoms with Gasteiger partial charge in [0.1, 0.15) is 17.4 Å². The Hall–Kier alpha value is -2.21. The van der Waals surface area contributed by atoms with Crippen LogP contribution in [-0.4, -0.2) is 4.98 Å². The highest BCUT2D eigenvalue weighted by molar-refractivity contribution is 9.10. The number of hydrogen-bond donors (Lipinski definition) is 1. The van der Waals surface area contributed by atoms with Crippen LogP contribution in [0.4, 0.5) is 14.5 Å². The van der Waals surface area contributed by atoms with E-state index in [1.54, 1.807) is 12.1 Å². The monoisotopic (exact) mass is 350 g/mol. The zero-order chi connectivity index (χ0) is 15.0. The molecule has 0 aliphatic heterocycles. The number of nitrogens with zero attached hydrogens (tertiary/aromatic N) is 1. The van der Waals surface area contributed by atoms with Crippen LogP contribution in [-0.2, 0) is 0 Å². The molecule has 2 aromatic carbocycles. The van der Waals surface area contributed by atoms with Crippen molar-refractivity contribution in [2.45, 2.75) is 0 Å². The van der Waals surface area contributed by atoms with Crippen molar-refractivity contribution in [3.05, 3.63) is 58.7 Å². The Kier molecular flexibility index (Phi) is 3.47. The van der Waals surface area contributed by atoms with Gasteiger partial charge in [0.05, 0.1) is 17.4 Å². The highest BCUT2D eigenvalue weighted by atomic mass is 79.9. The Morgan fingerprint density at radius 3 is 2.48 bits per heavy atom. The molecule has 1 heterocycles. The molecular weight excluding hydrogens is 342 g/mol. The quantitative estimate of drug-likeness (QED) is 0.731. The predicted octanol–water partition coefficient (Wildman–Crippen LogP) is 4.65. The van der Waals surface area contributed by atoms with Crippen molar-refractivity contribution in [2.24, 2.45) is 0 Å². The summed E-state index contributed by atoms with van der Waals surface area (Å²) in [5, 5.41) is 0.647. The van der Waals surface area contributed by atoms with Gasteiger partial charge in [-0.05, 0) is 18.2 Å². The van der Waals surface area contributed by atoms with E-state index in [4.69, 9.17) is 10.5 Å². The fourth-order valence-electron chi connectivity index (χ4n) is 1.98. The smallest absolute Gasteiger partial charge is 0.161 e. The fraction of sp³-hybridized carbons (Fsp3) is 0. The van der Waals surface area contributed by atoms with Gasteiger partial charge in [-0.3, -0.25) is 4.98 Å². The van der Waals surface area contributed by atoms with Crippen molar-refractivity contribution in [3.63, 3.8) is 0 Å². The van der Waals surface area contributed by atoms with Gasteiger partial charge in [0.2, 0.25) is 0 Å². The van der Waals surface area contributed by atoms with E-state index in [9.17, 15) is 8.78 Å². The van der Waals surface area contributed by atoms with Gasteiger partial charge in [-0.25, -0.2) is 8.78 Å². The second kappa shape index (κ2) is 5.29. The Morgan fingerprint density at radius 1 is 1.05 bits per heavy atom. The van der Waals surface area contributed by atoms with Gasteiger partial charge in [-0.1, -0.05) is 15.9 Å². The summed E-state index contributed by atoms with van der Waals surface area (Å²) < 4.78 is 32.9. The number of benzene rings is 2. The Labute approximate surface area is 127 Å². The maximum atomic E-state index is 13.2. The van der Waals surface area contributed by atoms with Gasteiger partial charge in [0, 0.05) is 28.1 Å². The second-order valence-corrected chi connectivity index (χ2v) is 5.33. The molecule has 0 saturated carbocycles. The largest absolute Gasteiger partial charge is 0.454 e. The molecular formula is C15H9BrF2N2O. The number of hydrogen-bond acceptors (Lipinski definition) is 3. The molecule has 6 heteroatoms. The first-order valence-corrected chi connectivity index (χ1v) is 6.80. The molecule has 3 nitrogen and oxygen atoms in total. The van der Waals surface area contributed by atoms with Gasteiger partial charge < -0.3 is 10.5 Å². The molecule has 0 atom stereocenters. The summed E-state index contributed by atoms with van der Waals surface area (Å²) in [7, 11) is 0. The molecule has 1 aromatic heterocycles. The SMILES string of the molecule is Nc1cnc2ccc(Br)cc2c1Oc1cc(F)cc(F)c1. The van der Waals surface area contributed by atoms with E-state index in [1.807, 2.05) is 6.07 Å². The zero-order valence-electron chi connectivity index (χ0n) is 10.6. The third-order valence-electron chi connectivity index (χ3n) is 2.86. The lowest BCUT2D eigenvalue weighted by molar-refractivity contribution is 0.474. The summed E-state index contributed by atoms with van der Waals surface area (Å²) in [5.74, 6) is -1.09. The highest BCUT2D eigenvalue weighted by Crippen LogP contribution is 2.35. The van der Waals surface area contributed by atoms with Crippen molar-refractivity contribution in [3.8, 4) is 11.5 Å². The number of nitrogens with two attached hydrogens (primary N) is 1. The van der Waals surface area contributed by atoms with Crippen LogP contribution in [0, 0.1) is 11.6 Å². The molecule has 3 aromatic rings. The van der Waals surface area contributed by atoms with Gasteiger partial charge in [0.25, 0.3) is 0 Å². The second-order valence-electron chi connectivity index (χ2n) is 4.41. The number of aromatic nitrogens is 1. The Morgan fingerprint density at radius 2 is 1.76 bits per heavy atom. The highest BCUT2D eigenvalue weighted by Gasteiger charge is 2.11. The van der Waals surface area contributed by atoms with Crippen molar-refractivity contribution in [1.29, 1.82) is 0 Å². The van der Waals surface area contributed by atoms with Crippen LogP contribution in [0.1, 0.15) is 0 Å².